The van der Waals surface area contributed by atoms with Gasteiger partial charge in [-0.2, -0.15) is 0 Å². The first-order chi connectivity index (χ1) is 12.4. The monoisotopic (exact) mass is 353 g/mol. The van der Waals surface area contributed by atoms with Crippen molar-refractivity contribution in [2.24, 2.45) is 5.92 Å². The molecule has 1 fully saturated rings. The van der Waals surface area contributed by atoms with E-state index in [9.17, 15) is 0 Å². The van der Waals surface area contributed by atoms with Gasteiger partial charge in [-0.1, -0.05) is 24.6 Å². The topological polar surface area (TPSA) is 37.4 Å². The Balaban J connectivity index is 1.77. The average molecular weight is 354 g/mol. The summed E-state index contributed by atoms with van der Waals surface area (Å²) >= 11 is 0. The van der Waals surface area contributed by atoms with Crippen LogP contribution >= 0.6 is 0 Å². The van der Waals surface area contributed by atoms with Crippen molar-refractivity contribution in [2.45, 2.75) is 47.3 Å². The predicted octanol–water partition coefficient (Wildman–Crippen LogP) is 4.47. The smallest absolute Gasteiger partial charge is 0.170 e. The van der Waals surface area contributed by atoms with Gasteiger partial charge in [-0.15, -0.1) is 0 Å². The van der Waals surface area contributed by atoms with Crippen LogP contribution in [-0.4, -0.2) is 35.7 Å². The molecule has 2 aromatic rings. The number of likely N-dealkylation sites (tertiary alicyclic amines) is 1. The molecule has 26 heavy (non-hydrogen) atoms. The second-order valence-electron chi connectivity index (χ2n) is 7.76. The van der Waals surface area contributed by atoms with Crippen molar-refractivity contribution in [3.63, 3.8) is 0 Å². The number of benzene rings is 1. The molecule has 0 aliphatic carbocycles. The van der Waals surface area contributed by atoms with Crippen LogP contribution in [0, 0.1) is 33.6 Å². The Bertz CT molecular complexity index is 736. The molecule has 2 atom stereocenters. The van der Waals surface area contributed by atoms with Crippen molar-refractivity contribution in [1.82, 2.24) is 9.88 Å². The fourth-order valence-electron chi connectivity index (χ4n) is 3.83. The highest BCUT2D eigenvalue weighted by Gasteiger charge is 2.28. The SMILES string of the molecule is Cc1cc(C)c(OC(CNc2ccnc(C)c2)N2CCC(C)C2)c(C)c1. The molecule has 0 radical (unpaired) electrons. The third-order valence-corrected chi connectivity index (χ3v) is 5.10. The van der Waals surface area contributed by atoms with E-state index in [1.807, 2.05) is 19.2 Å². The fraction of sp³-hybridized carbons (Fsp3) is 0.500. The number of hydrogen-bond acceptors (Lipinski definition) is 4. The first-order valence-corrected chi connectivity index (χ1v) is 9.57. The van der Waals surface area contributed by atoms with Gasteiger partial charge in [0, 0.05) is 30.7 Å². The summed E-state index contributed by atoms with van der Waals surface area (Å²) in [5, 5.41) is 3.54. The molecular weight excluding hydrogens is 322 g/mol. The molecule has 1 aliphatic heterocycles. The zero-order valence-corrected chi connectivity index (χ0v) is 16.7. The summed E-state index contributed by atoms with van der Waals surface area (Å²) in [4.78, 5) is 6.73. The molecule has 0 saturated carbocycles. The lowest BCUT2D eigenvalue weighted by Gasteiger charge is -2.30. The maximum Gasteiger partial charge on any atom is 0.170 e. The van der Waals surface area contributed by atoms with Crippen molar-refractivity contribution in [3.8, 4) is 5.75 Å². The van der Waals surface area contributed by atoms with Gasteiger partial charge in [-0.25, -0.2) is 0 Å². The Morgan fingerprint density at radius 3 is 2.54 bits per heavy atom. The summed E-state index contributed by atoms with van der Waals surface area (Å²) in [7, 11) is 0. The van der Waals surface area contributed by atoms with Gasteiger partial charge in [-0.3, -0.25) is 9.88 Å². The zero-order valence-electron chi connectivity index (χ0n) is 16.7. The number of nitrogens with zero attached hydrogens (tertiary/aromatic N) is 2. The van der Waals surface area contributed by atoms with Crippen molar-refractivity contribution in [3.05, 3.63) is 52.8 Å². The van der Waals surface area contributed by atoms with Gasteiger partial charge < -0.3 is 10.1 Å². The third kappa shape index (κ3) is 4.55. The molecule has 1 aliphatic rings. The first-order valence-electron chi connectivity index (χ1n) is 9.57. The Morgan fingerprint density at radius 2 is 1.92 bits per heavy atom. The van der Waals surface area contributed by atoms with Crippen molar-refractivity contribution in [2.75, 3.05) is 25.0 Å². The maximum absolute atomic E-state index is 6.56. The van der Waals surface area contributed by atoms with E-state index in [2.05, 4.69) is 61.1 Å². The van der Waals surface area contributed by atoms with Crippen LogP contribution < -0.4 is 10.1 Å². The molecule has 1 aromatic carbocycles. The average Bonchev–Trinajstić information content (AvgIpc) is 3.00. The van der Waals surface area contributed by atoms with E-state index in [1.54, 1.807) is 0 Å². The number of anilines is 1. The van der Waals surface area contributed by atoms with Crippen molar-refractivity contribution < 1.29 is 4.74 Å². The summed E-state index contributed by atoms with van der Waals surface area (Å²) in [5.41, 5.74) is 5.81. The van der Waals surface area contributed by atoms with Gasteiger partial charge in [0.2, 0.25) is 0 Å². The minimum Gasteiger partial charge on any atom is -0.473 e. The zero-order chi connectivity index (χ0) is 18.7. The molecule has 3 rings (SSSR count). The van der Waals surface area contributed by atoms with Gasteiger partial charge in [0.1, 0.15) is 5.75 Å². The van der Waals surface area contributed by atoms with Crippen LogP contribution in [0.5, 0.6) is 5.75 Å². The fourth-order valence-corrected chi connectivity index (χ4v) is 3.83. The van der Waals surface area contributed by atoms with E-state index in [0.29, 0.717) is 0 Å². The standard InChI is InChI=1S/C22H31N3O/c1-15-7-9-25(14-15)21(13-24-20-6-8-23-19(5)12-20)26-22-17(3)10-16(2)11-18(22)4/h6,8,10-12,15,21H,7,9,13-14H2,1-5H3,(H,23,24). The van der Waals surface area contributed by atoms with E-state index in [0.717, 1.165) is 42.7 Å². The molecule has 140 valence electrons. The molecule has 0 spiro atoms. The van der Waals surface area contributed by atoms with E-state index < -0.39 is 0 Å². The van der Waals surface area contributed by atoms with Crippen LogP contribution in [0.15, 0.2) is 30.5 Å². The molecular formula is C22H31N3O. The highest BCUT2D eigenvalue weighted by molar-refractivity contribution is 5.44. The summed E-state index contributed by atoms with van der Waals surface area (Å²) in [5.74, 6) is 1.75. The molecule has 1 saturated heterocycles. The largest absolute Gasteiger partial charge is 0.473 e. The second-order valence-corrected chi connectivity index (χ2v) is 7.76. The summed E-state index contributed by atoms with van der Waals surface area (Å²) in [6, 6.07) is 8.49. The van der Waals surface area contributed by atoms with Crippen LogP contribution in [0.1, 0.15) is 35.7 Å². The highest BCUT2D eigenvalue weighted by Crippen LogP contribution is 2.28. The maximum atomic E-state index is 6.56. The summed E-state index contributed by atoms with van der Waals surface area (Å²) < 4.78 is 6.56. The van der Waals surface area contributed by atoms with Crippen molar-refractivity contribution >= 4 is 5.69 Å². The number of aryl methyl sites for hydroxylation is 4. The van der Waals surface area contributed by atoms with Crippen molar-refractivity contribution in [1.29, 1.82) is 0 Å². The second kappa shape index (κ2) is 8.09. The van der Waals surface area contributed by atoms with Gasteiger partial charge in [-0.05, 0) is 63.3 Å². The Labute approximate surface area is 157 Å². The molecule has 4 nitrogen and oxygen atoms in total. The van der Waals surface area contributed by atoms with Gasteiger partial charge >= 0.3 is 0 Å². The Kier molecular flexibility index (Phi) is 5.82. The minimum atomic E-state index is 0.0218. The van der Waals surface area contributed by atoms with Crippen LogP contribution in [-0.2, 0) is 0 Å². The number of pyridine rings is 1. The lowest BCUT2D eigenvalue weighted by molar-refractivity contribution is 0.0504. The number of ether oxygens (including phenoxy) is 1. The van der Waals surface area contributed by atoms with Gasteiger partial charge in [0.05, 0.1) is 6.54 Å². The molecule has 2 unspecified atom stereocenters. The highest BCUT2D eigenvalue weighted by atomic mass is 16.5. The number of hydrogen-bond donors (Lipinski definition) is 1. The normalized spacial score (nSPS) is 18.7. The molecule has 0 bridgehead atoms. The number of nitrogens with one attached hydrogen (secondary N) is 1. The van der Waals surface area contributed by atoms with Crippen LogP contribution in [0.2, 0.25) is 0 Å². The first kappa shape index (κ1) is 18.7. The quantitative estimate of drug-likeness (QED) is 0.831. The summed E-state index contributed by atoms with van der Waals surface area (Å²) in [6.07, 6.45) is 3.10. The third-order valence-electron chi connectivity index (χ3n) is 5.10. The lowest BCUT2D eigenvalue weighted by atomic mass is 10.1. The van der Waals surface area contributed by atoms with Crippen LogP contribution in [0.4, 0.5) is 5.69 Å². The van der Waals surface area contributed by atoms with Crippen LogP contribution in [0.25, 0.3) is 0 Å². The van der Waals surface area contributed by atoms with Crippen LogP contribution in [0.3, 0.4) is 0 Å². The van der Waals surface area contributed by atoms with Gasteiger partial charge in [0.25, 0.3) is 0 Å². The number of aromatic nitrogens is 1. The van der Waals surface area contributed by atoms with E-state index >= 15 is 0 Å². The molecule has 0 amide bonds. The van der Waals surface area contributed by atoms with E-state index in [1.165, 1.54) is 23.1 Å². The predicted molar refractivity (Wildman–Crippen MR) is 108 cm³/mol. The Morgan fingerprint density at radius 1 is 1.19 bits per heavy atom. The lowest BCUT2D eigenvalue weighted by Crippen LogP contribution is -2.43. The summed E-state index contributed by atoms with van der Waals surface area (Å²) in [6.45, 7) is 13.7. The molecule has 2 heterocycles. The van der Waals surface area contributed by atoms with E-state index in [-0.39, 0.29) is 6.23 Å². The Hall–Kier alpha value is -2.07. The molecule has 1 aromatic heterocycles. The van der Waals surface area contributed by atoms with Gasteiger partial charge in [0.15, 0.2) is 6.23 Å². The minimum absolute atomic E-state index is 0.0218. The number of rotatable bonds is 6. The molecule has 1 N–H and O–H groups in total. The van der Waals surface area contributed by atoms with E-state index in [4.69, 9.17) is 4.74 Å². The molecule has 4 heteroatoms.